The molecule has 0 aromatic heterocycles. The zero-order chi connectivity index (χ0) is 16.5. The molecule has 0 spiro atoms. The molecule has 2 rings (SSSR count). The Hall–Kier alpha value is -0.710. The van der Waals surface area contributed by atoms with Crippen LogP contribution in [0.15, 0.2) is 24.3 Å². The zero-order valence-corrected chi connectivity index (χ0v) is 15.5. The number of rotatable bonds is 8. The Labute approximate surface area is 149 Å². The Kier molecular flexibility index (Phi) is 8.27. The van der Waals surface area contributed by atoms with Crippen molar-refractivity contribution in [1.29, 1.82) is 0 Å². The van der Waals surface area contributed by atoms with E-state index in [1.165, 1.54) is 5.56 Å². The van der Waals surface area contributed by atoms with Gasteiger partial charge in [-0.1, -0.05) is 23.7 Å². The smallest absolute Gasteiger partial charge is 0.220 e. The molecule has 3 nitrogen and oxygen atoms in total. The second-order valence-corrected chi connectivity index (χ2v) is 7.88. The Morgan fingerprint density at radius 3 is 2.91 bits per heavy atom. The van der Waals surface area contributed by atoms with Gasteiger partial charge in [-0.2, -0.15) is 11.8 Å². The third-order valence-corrected chi connectivity index (χ3v) is 5.61. The Morgan fingerprint density at radius 2 is 2.17 bits per heavy atom. The van der Waals surface area contributed by atoms with Crippen LogP contribution in [0.2, 0.25) is 5.02 Å². The summed E-state index contributed by atoms with van der Waals surface area (Å²) in [7, 11) is 2.15. The summed E-state index contributed by atoms with van der Waals surface area (Å²) in [5.41, 5.74) is 1.26. The van der Waals surface area contributed by atoms with E-state index < -0.39 is 0 Å². The third kappa shape index (κ3) is 7.60. The van der Waals surface area contributed by atoms with E-state index in [2.05, 4.69) is 23.3 Å². The fraction of sp³-hybridized carbons (Fsp3) is 0.611. The molecule has 1 heterocycles. The van der Waals surface area contributed by atoms with Crippen molar-refractivity contribution in [2.24, 2.45) is 5.92 Å². The van der Waals surface area contributed by atoms with Crippen molar-refractivity contribution in [3.05, 3.63) is 34.9 Å². The van der Waals surface area contributed by atoms with E-state index in [1.54, 1.807) is 0 Å². The van der Waals surface area contributed by atoms with Crippen LogP contribution < -0.4 is 5.32 Å². The van der Waals surface area contributed by atoms with Gasteiger partial charge in [0.15, 0.2) is 0 Å². The van der Waals surface area contributed by atoms with Gasteiger partial charge in [0, 0.05) is 23.7 Å². The van der Waals surface area contributed by atoms with Crippen LogP contribution in [-0.2, 0) is 10.5 Å². The normalized spacial score (nSPS) is 16.4. The van der Waals surface area contributed by atoms with Crippen molar-refractivity contribution in [2.75, 3.05) is 32.4 Å². The highest BCUT2D eigenvalue weighted by Gasteiger charge is 2.19. The van der Waals surface area contributed by atoms with Crippen molar-refractivity contribution in [3.63, 3.8) is 0 Å². The van der Waals surface area contributed by atoms with Crippen molar-refractivity contribution in [1.82, 2.24) is 10.2 Å². The van der Waals surface area contributed by atoms with Gasteiger partial charge in [0.25, 0.3) is 0 Å². The van der Waals surface area contributed by atoms with Gasteiger partial charge >= 0.3 is 0 Å². The number of hydrogen-bond acceptors (Lipinski definition) is 3. The second-order valence-electron chi connectivity index (χ2n) is 6.34. The number of likely N-dealkylation sites (tertiary alicyclic amines) is 1. The molecule has 0 unspecified atom stereocenters. The molecule has 23 heavy (non-hydrogen) atoms. The number of halogens is 1. The van der Waals surface area contributed by atoms with Gasteiger partial charge in [-0.05, 0) is 68.8 Å². The van der Waals surface area contributed by atoms with Crippen molar-refractivity contribution < 1.29 is 4.79 Å². The van der Waals surface area contributed by atoms with Crippen LogP contribution >= 0.6 is 23.4 Å². The monoisotopic (exact) mass is 354 g/mol. The average Bonchev–Trinajstić information content (AvgIpc) is 2.53. The van der Waals surface area contributed by atoms with E-state index >= 15 is 0 Å². The molecule has 128 valence electrons. The molecule has 0 saturated carbocycles. The molecule has 1 aromatic rings. The highest BCUT2D eigenvalue weighted by Crippen LogP contribution is 2.19. The summed E-state index contributed by atoms with van der Waals surface area (Å²) in [5.74, 6) is 2.83. The first-order valence-corrected chi connectivity index (χ1v) is 9.94. The Bertz CT molecular complexity index is 490. The van der Waals surface area contributed by atoms with Crippen molar-refractivity contribution in [2.45, 2.75) is 31.4 Å². The molecule has 1 aromatic carbocycles. The number of amides is 1. The lowest BCUT2D eigenvalue weighted by molar-refractivity contribution is -0.122. The van der Waals surface area contributed by atoms with E-state index in [4.69, 9.17) is 11.6 Å². The van der Waals surface area contributed by atoms with Gasteiger partial charge in [-0.3, -0.25) is 4.79 Å². The van der Waals surface area contributed by atoms with Gasteiger partial charge in [0.05, 0.1) is 0 Å². The number of hydrogen-bond donors (Lipinski definition) is 1. The van der Waals surface area contributed by atoms with Gasteiger partial charge in [0.2, 0.25) is 5.91 Å². The number of nitrogens with zero attached hydrogens (tertiary/aromatic N) is 1. The maximum atomic E-state index is 11.9. The molecule has 1 aliphatic rings. The Balaban J connectivity index is 1.49. The summed E-state index contributed by atoms with van der Waals surface area (Å²) in [6, 6.07) is 8.00. The Morgan fingerprint density at radius 1 is 1.39 bits per heavy atom. The molecule has 1 fully saturated rings. The van der Waals surface area contributed by atoms with Crippen LogP contribution in [0.1, 0.15) is 31.2 Å². The minimum atomic E-state index is 0.222. The first-order chi connectivity index (χ1) is 11.1. The van der Waals surface area contributed by atoms with Crippen molar-refractivity contribution in [3.8, 4) is 0 Å². The molecule has 5 heteroatoms. The van der Waals surface area contributed by atoms with Gasteiger partial charge in [-0.15, -0.1) is 0 Å². The van der Waals surface area contributed by atoms with Gasteiger partial charge in [0.1, 0.15) is 0 Å². The largest absolute Gasteiger partial charge is 0.356 e. The first kappa shape index (κ1) is 18.6. The molecule has 1 amide bonds. The van der Waals surface area contributed by atoms with Crippen LogP contribution in [0, 0.1) is 5.92 Å². The van der Waals surface area contributed by atoms with Crippen LogP contribution in [0.3, 0.4) is 0 Å². The minimum absolute atomic E-state index is 0.222. The molecule has 1 aliphatic heterocycles. The molecule has 0 aliphatic carbocycles. The van der Waals surface area contributed by atoms with Crippen LogP contribution in [-0.4, -0.2) is 43.2 Å². The fourth-order valence-corrected chi connectivity index (χ4v) is 3.94. The van der Waals surface area contributed by atoms with E-state index in [1.807, 2.05) is 30.0 Å². The quantitative estimate of drug-likeness (QED) is 0.720. The predicted octanol–water partition coefficient (Wildman–Crippen LogP) is 3.81. The standard InChI is InChI=1S/C18H27ClN2OS/c1-21-9-6-15(7-10-21)13-18(22)20-8-3-11-23-14-16-4-2-5-17(19)12-16/h2,4-5,12,15H,3,6-11,13-14H2,1H3,(H,20,22). The number of piperidine rings is 1. The number of carbonyl (C=O) groups excluding carboxylic acids is 1. The summed E-state index contributed by atoms with van der Waals surface area (Å²) in [5, 5.41) is 3.86. The highest BCUT2D eigenvalue weighted by molar-refractivity contribution is 7.98. The lowest BCUT2D eigenvalue weighted by Crippen LogP contribution is -2.33. The van der Waals surface area contributed by atoms with Crippen LogP contribution in [0.4, 0.5) is 0 Å². The van der Waals surface area contributed by atoms with Crippen molar-refractivity contribution >= 4 is 29.3 Å². The molecule has 0 bridgehead atoms. The lowest BCUT2D eigenvalue weighted by atomic mass is 9.93. The molecular weight excluding hydrogens is 328 g/mol. The maximum absolute atomic E-state index is 11.9. The van der Waals surface area contributed by atoms with Gasteiger partial charge < -0.3 is 10.2 Å². The summed E-state index contributed by atoms with van der Waals surface area (Å²) in [6.45, 7) is 3.03. The molecule has 0 radical (unpaired) electrons. The number of carbonyl (C=O) groups is 1. The van der Waals surface area contributed by atoms with E-state index in [-0.39, 0.29) is 5.91 Å². The zero-order valence-electron chi connectivity index (χ0n) is 13.9. The second kappa shape index (κ2) is 10.2. The average molecular weight is 355 g/mol. The fourth-order valence-electron chi connectivity index (χ4n) is 2.82. The molecular formula is C18H27ClN2OS. The summed E-state index contributed by atoms with van der Waals surface area (Å²) < 4.78 is 0. The lowest BCUT2D eigenvalue weighted by Gasteiger charge is -2.28. The predicted molar refractivity (Wildman–Crippen MR) is 100 cm³/mol. The minimum Gasteiger partial charge on any atom is -0.356 e. The molecule has 1 N–H and O–H groups in total. The number of thioether (sulfide) groups is 1. The first-order valence-electron chi connectivity index (χ1n) is 8.41. The topological polar surface area (TPSA) is 32.3 Å². The summed E-state index contributed by atoms with van der Waals surface area (Å²) in [4.78, 5) is 14.3. The van der Waals surface area contributed by atoms with E-state index in [0.717, 1.165) is 55.4 Å². The summed E-state index contributed by atoms with van der Waals surface area (Å²) in [6.07, 6.45) is 4.02. The molecule has 0 atom stereocenters. The summed E-state index contributed by atoms with van der Waals surface area (Å²) >= 11 is 7.86. The highest BCUT2D eigenvalue weighted by atomic mass is 35.5. The van der Waals surface area contributed by atoms with Gasteiger partial charge in [-0.25, -0.2) is 0 Å². The van der Waals surface area contributed by atoms with Crippen LogP contribution in [0.25, 0.3) is 0 Å². The van der Waals surface area contributed by atoms with E-state index in [0.29, 0.717) is 12.3 Å². The third-order valence-electron chi connectivity index (χ3n) is 4.26. The number of benzene rings is 1. The van der Waals surface area contributed by atoms with Crippen LogP contribution in [0.5, 0.6) is 0 Å². The molecule has 1 saturated heterocycles. The SMILES string of the molecule is CN1CCC(CC(=O)NCCCSCc2cccc(Cl)c2)CC1. The van der Waals surface area contributed by atoms with E-state index in [9.17, 15) is 4.79 Å². The number of nitrogens with one attached hydrogen (secondary N) is 1. The maximum Gasteiger partial charge on any atom is 0.220 e.